The highest BCUT2D eigenvalue weighted by molar-refractivity contribution is 7.71. The molecule has 0 saturated carbocycles. The summed E-state index contributed by atoms with van der Waals surface area (Å²) in [6.45, 7) is 6.82. The lowest BCUT2D eigenvalue weighted by Crippen LogP contribution is -2.48. The predicted octanol–water partition coefficient (Wildman–Crippen LogP) is 6.02. The summed E-state index contributed by atoms with van der Waals surface area (Å²) < 4.78 is 2.36. The van der Waals surface area contributed by atoms with Gasteiger partial charge in [0, 0.05) is 37.6 Å². The number of hydrogen-bond acceptors (Lipinski definition) is 5. The molecule has 0 aliphatic carbocycles. The molecule has 0 atom stereocenters. The zero-order valence-corrected chi connectivity index (χ0v) is 21.5. The number of aromatic nitrogens is 2. The monoisotopic (exact) mass is 494 g/mol. The van der Waals surface area contributed by atoms with Crippen LogP contribution in [0, 0.1) is 11.7 Å². The van der Waals surface area contributed by atoms with E-state index in [-0.39, 0.29) is 11.8 Å². The molecule has 182 valence electrons. The van der Waals surface area contributed by atoms with Crippen LogP contribution in [0.3, 0.4) is 0 Å². The fraction of sp³-hybridized carbons (Fsp3) is 0.233. The van der Waals surface area contributed by atoms with E-state index in [1.165, 1.54) is 11.1 Å². The van der Waals surface area contributed by atoms with Crippen LogP contribution in [-0.4, -0.2) is 46.4 Å². The lowest BCUT2D eigenvalue weighted by Gasteiger charge is -2.40. The van der Waals surface area contributed by atoms with Crippen molar-refractivity contribution in [1.82, 2.24) is 14.5 Å². The molecule has 1 saturated heterocycles. The molecule has 1 aromatic heterocycles. The Balaban J connectivity index is 1.46. The van der Waals surface area contributed by atoms with E-state index in [9.17, 15) is 4.79 Å². The minimum Gasteiger partial charge on any atom is -0.353 e. The summed E-state index contributed by atoms with van der Waals surface area (Å²) in [5, 5.41) is 0. The Morgan fingerprint density at radius 3 is 1.81 bits per heavy atom. The predicted molar refractivity (Wildman–Crippen MR) is 148 cm³/mol. The van der Waals surface area contributed by atoms with Crippen LogP contribution in [0.1, 0.15) is 40.1 Å². The van der Waals surface area contributed by atoms with Crippen LogP contribution in [0.4, 0.5) is 5.82 Å². The first-order valence-electron chi connectivity index (χ1n) is 12.3. The first-order valence-corrected chi connectivity index (χ1v) is 12.7. The van der Waals surface area contributed by atoms with Gasteiger partial charge in [-0.05, 0) is 49.3 Å². The Morgan fingerprint density at radius 2 is 1.31 bits per heavy atom. The number of piperazine rings is 1. The normalized spacial score (nSPS) is 14.2. The summed E-state index contributed by atoms with van der Waals surface area (Å²) in [4.78, 5) is 22.4. The van der Waals surface area contributed by atoms with Crippen molar-refractivity contribution in [2.45, 2.75) is 19.9 Å². The number of carbonyl (C=O) groups is 1. The third kappa shape index (κ3) is 4.74. The second-order valence-corrected chi connectivity index (χ2v) is 9.52. The van der Waals surface area contributed by atoms with Gasteiger partial charge in [-0.15, -0.1) is 0 Å². The molecule has 6 heteroatoms. The van der Waals surface area contributed by atoms with Gasteiger partial charge in [-0.1, -0.05) is 78.9 Å². The molecular weight excluding hydrogens is 464 g/mol. The molecule has 3 aromatic carbocycles. The van der Waals surface area contributed by atoms with Crippen LogP contribution in [0.2, 0.25) is 0 Å². The summed E-state index contributed by atoms with van der Waals surface area (Å²) in [6, 6.07) is 31.4. The van der Waals surface area contributed by atoms with Gasteiger partial charge in [-0.3, -0.25) is 14.3 Å². The average Bonchev–Trinajstić information content (AvgIpc) is 2.90. The van der Waals surface area contributed by atoms with Crippen LogP contribution < -0.4 is 4.90 Å². The minimum atomic E-state index is 0.00329. The number of rotatable bonds is 6. The van der Waals surface area contributed by atoms with E-state index in [1.807, 2.05) is 41.8 Å². The second kappa shape index (κ2) is 10.6. The first-order chi connectivity index (χ1) is 17.5. The molecule has 0 spiro atoms. The molecule has 2 heterocycles. The maximum absolute atomic E-state index is 12.8. The fourth-order valence-corrected chi connectivity index (χ4v) is 5.54. The highest BCUT2D eigenvalue weighted by Crippen LogP contribution is 2.31. The number of para-hydroxylation sites is 1. The highest BCUT2D eigenvalue weighted by Gasteiger charge is 2.29. The molecular formula is C30H30N4OS. The number of benzene rings is 3. The fourth-order valence-electron chi connectivity index (χ4n) is 5.21. The van der Waals surface area contributed by atoms with Crippen LogP contribution in [0.25, 0.3) is 5.69 Å². The van der Waals surface area contributed by atoms with Gasteiger partial charge in [0.25, 0.3) is 0 Å². The van der Waals surface area contributed by atoms with E-state index in [0.29, 0.717) is 16.2 Å². The van der Waals surface area contributed by atoms with Crippen molar-refractivity contribution in [3.63, 3.8) is 0 Å². The van der Waals surface area contributed by atoms with Gasteiger partial charge in [0.05, 0.1) is 11.6 Å². The van der Waals surface area contributed by atoms with Crippen molar-refractivity contribution in [1.29, 1.82) is 0 Å². The molecule has 1 aliphatic heterocycles. The van der Waals surface area contributed by atoms with E-state index in [2.05, 4.69) is 70.5 Å². The van der Waals surface area contributed by atoms with Gasteiger partial charge in [0.15, 0.2) is 5.78 Å². The van der Waals surface area contributed by atoms with E-state index < -0.39 is 0 Å². The summed E-state index contributed by atoms with van der Waals surface area (Å²) in [7, 11) is 0. The van der Waals surface area contributed by atoms with Crippen molar-refractivity contribution < 1.29 is 4.79 Å². The molecule has 0 N–H and O–H groups in total. The van der Waals surface area contributed by atoms with E-state index in [1.54, 1.807) is 6.92 Å². The second-order valence-electron chi connectivity index (χ2n) is 9.15. The SMILES string of the molecule is CC(=O)c1c(N2CCN(C(c3ccccc3)c3ccccc3)CC2)nc(=S)n(-c2ccccc2)c1C. The zero-order valence-electron chi connectivity index (χ0n) is 20.7. The van der Waals surface area contributed by atoms with E-state index in [0.717, 1.165) is 37.6 Å². The Morgan fingerprint density at radius 1 is 0.806 bits per heavy atom. The molecule has 0 radical (unpaired) electrons. The Hall–Kier alpha value is -3.61. The lowest BCUT2D eigenvalue weighted by atomic mass is 9.96. The standard InChI is InChI=1S/C30H30N4OS/c1-22-27(23(2)35)29(31-30(36)34(22)26-16-10-5-11-17-26)33-20-18-32(19-21-33)28(24-12-6-3-7-13-24)25-14-8-4-9-15-25/h3-17,28H,18-21H2,1-2H3. The topological polar surface area (TPSA) is 41.4 Å². The molecule has 0 amide bonds. The summed E-state index contributed by atoms with van der Waals surface area (Å²) in [6.07, 6.45) is 0. The van der Waals surface area contributed by atoms with Crippen LogP contribution in [0.5, 0.6) is 0 Å². The minimum absolute atomic E-state index is 0.00329. The maximum atomic E-state index is 12.8. The molecule has 36 heavy (non-hydrogen) atoms. The number of hydrogen-bond donors (Lipinski definition) is 0. The molecule has 4 aromatic rings. The van der Waals surface area contributed by atoms with Gasteiger partial charge in [0.2, 0.25) is 4.77 Å². The first kappa shape index (κ1) is 24.1. The molecule has 0 bridgehead atoms. The Labute approximate surface area is 217 Å². The quantitative estimate of drug-likeness (QED) is 0.242. The molecule has 0 unspecified atom stereocenters. The van der Waals surface area contributed by atoms with Gasteiger partial charge >= 0.3 is 0 Å². The zero-order chi connectivity index (χ0) is 25.1. The van der Waals surface area contributed by atoms with Crippen molar-refractivity contribution in [2.75, 3.05) is 31.1 Å². The third-order valence-electron chi connectivity index (χ3n) is 6.89. The van der Waals surface area contributed by atoms with Crippen molar-refractivity contribution in [3.8, 4) is 5.69 Å². The van der Waals surface area contributed by atoms with Crippen molar-refractivity contribution >= 4 is 23.8 Å². The average molecular weight is 495 g/mol. The third-order valence-corrected chi connectivity index (χ3v) is 7.16. The number of ketones is 1. The largest absolute Gasteiger partial charge is 0.353 e. The van der Waals surface area contributed by atoms with Gasteiger partial charge < -0.3 is 4.90 Å². The maximum Gasteiger partial charge on any atom is 0.206 e. The number of anilines is 1. The molecule has 5 rings (SSSR count). The van der Waals surface area contributed by atoms with Gasteiger partial charge in [0.1, 0.15) is 5.82 Å². The van der Waals surface area contributed by atoms with Crippen molar-refractivity contribution in [3.05, 3.63) is 118 Å². The lowest BCUT2D eigenvalue weighted by molar-refractivity contribution is 0.101. The van der Waals surface area contributed by atoms with Crippen LogP contribution in [0.15, 0.2) is 91.0 Å². The number of nitrogens with zero attached hydrogens (tertiary/aromatic N) is 4. The van der Waals surface area contributed by atoms with Gasteiger partial charge in [-0.2, -0.15) is 0 Å². The van der Waals surface area contributed by atoms with E-state index in [4.69, 9.17) is 17.2 Å². The highest BCUT2D eigenvalue weighted by atomic mass is 32.1. The molecule has 1 fully saturated rings. The number of carbonyl (C=O) groups excluding carboxylic acids is 1. The molecule has 5 nitrogen and oxygen atoms in total. The Bertz CT molecular complexity index is 1360. The van der Waals surface area contributed by atoms with Crippen LogP contribution in [-0.2, 0) is 0 Å². The van der Waals surface area contributed by atoms with Crippen LogP contribution >= 0.6 is 12.2 Å². The smallest absolute Gasteiger partial charge is 0.206 e. The van der Waals surface area contributed by atoms with Gasteiger partial charge in [-0.25, -0.2) is 4.98 Å². The summed E-state index contributed by atoms with van der Waals surface area (Å²) in [5.41, 5.74) is 4.96. The Kier molecular flexibility index (Phi) is 7.07. The van der Waals surface area contributed by atoms with E-state index >= 15 is 0 Å². The summed E-state index contributed by atoms with van der Waals surface area (Å²) in [5.74, 6) is 0.705. The number of Topliss-reactive ketones (excluding diaryl/α,β-unsaturated/α-hetero) is 1. The molecule has 1 aliphatic rings. The summed E-state index contributed by atoms with van der Waals surface area (Å²) >= 11 is 5.72. The van der Waals surface area contributed by atoms with Crippen molar-refractivity contribution in [2.24, 2.45) is 0 Å².